The lowest BCUT2D eigenvalue weighted by Gasteiger charge is -2.18. The van der Waals surface area contributed by atoms with Crippen LogP contribution in [-0.2, 0) is 23.9 Å². The number of nitrogens with one attached hydrogen (secondary N) is 3. The summed E-state index contributed by atoms with van der Waals surface area (Å²) in [4.78, 5) is 59.5. The second kappa shape index (κ2) is 10.7. The van der Waals surface area contributed by atoms with Crippen molar-refractivity contribution in [3.05, 3.63) is 36.4 Å². The Morgan fingerprint density at radius 1 is 1.32 bits per heavy atom. The van der Waals surface area contributed by atoms with E-state index in [1.165, 1.54) is 31.2 Å². The molecule has 1 aliphatic heterocycles. The number of carbonyl (C=O) groups excluding carboxylic acids is 4. The molecule has 0 aliphatic carbocycles. The molecule has 1 saturated heterocycles. The van der Waals surface area contributed by atoms with Crippen LogP contribution in [0.5, 0.6) is 0 Å². The van der Waals surface area contributed by atoms with E-state index in [2.05, 4.69) is 35.2 Å². The predicted octanol–water partition coefficient (Wildman–Crippen LogP) is 1.06. The highest BCUT2D eigenvalue weighted by atomic mass is 32.1. The Labute approximate surface area is 183 Å². The van der Waals surface area contributed by atoms with Crippen molar-refractivity contribution < 1.29 is 33.8 Å². The Morgan fingerprint density at radius 3 is 2.61 bits per heavy atom. The summed E-state index contributed by atoms with van der Waals surface area (Å²) in [7, 11) is 0. The van der Waals surface area contributed by atoms with Crippen molar-refractivity contribution in [2.24, 2.45) is 11.8 Å². The van der Waals surface area contributed by atoms with E-state index >= 15 is 0 Å². The first-order valence-corrected chi connectivity index (χ1v) is 9.78. The average Bonchev–Trinajstić information content (AvgIpc) is 3.15. The van der Waals surface area contributed by atoms with Crippen LogP contribution in [0.1, 0.15) is 23.7 Å². The van der Waals surface area contributed by atoms with Gasteiger partial charge in [0.2, 0.25) is 11.8 Å². The molecular weight excluding hydrogens is 426 g/mol. The SMILES string of the molecule is C=CCOC(=O)[C@@H](C(=O)S)[C@H]1CNC(C(=O)Nc2cc(NC(C)=O)ccc2C(=O)O)C1. The maximum absolute atomic E-state index is 12.7. The van der Waals surface area contributed by atoms with E-state index < -0.39 is 40.8 Å². The van der Waals surface area contributed by atoms with E-state index in [0.717, 1.165) is 0 Å². The number of hydrogen-bond acceptors (Lipinski definition) is 7. The summed E-state index contributed by atoms with van der Waals surface area (Å²) >= 11 is 3.77. The number of aromatic carboxylic acids is 1. The third-order valence-electron chi connectivity index (χ3n) is 4.64. The number of carboxylic acid groups (broad SMARTS) is 1. The summed E-state index contributed by atoms with van der Waals surface area (Å²) in [6.07, 6.45) is 1.51. The maximum Gasteiger partial charge on any atom is 0.337 e. The van der Waals surface area contributed by atoms with Crippen LogP contribution >= 0.6 is 12.6 Å². The van der Waals surface area contributed by atoms with Gasteiger partial charge < -0.3 is 25.8 Å². The largest absolute Gasteiger partial charge is 0.478 e. The Morgan fingerprint density at radius 2 is 2.03 bits per heavy atom. The molecule has 2 amide bonds. The molecule has 1 fully saturated rings. The van der Waals surface area contributed by atoms with Crippen LogP contribution < -0.4 is 16.0 Å². The monoisotopic (exact) mass is 449 g/mol. The molecular formula is C20H23N3O7S. The number of hydrogen-bond donors (Lipinski definition) is 5. The Hall–Kier alpha value is -3.18. The molecule has 0 aromatic heterocycles. The number of anilines is 2. The first-order valence-electron chi connectivity index (χ1n) is 9.33. The van der Waals surface area contributed by atoms with Crippen molar-refractivity contribution in [3.8, 4) is 0 Å². The predicted molar refractivity (Wildman–Crippen MR) is 115 cm³/mol. The standard InChI is InChI=1S/C20H23N3O7S/c1-3-6-30-19(28)16(20(29)31)11-7-15(21-9-11)17(25)23-14-8-12(22-10(2)24)4-5-13(14)18(26)27/h3-5,8,11,15-16,21H,1,6-7,9H2,2H3,(H,22,24)(H,23,25)(H,26,27)(H,29,31)/t11-,15?,16+/m1/s1. The molecule has 31 heavy (non-hydrogen) atoms. The number of carboxylic acids is 1. The van der Waals surface area contributed by atoms with Gasteiger partial charge in [-0.3, -0.25) is 19.2 Å². The van der Waals surface area contributed by atoms with E-state index in [9.17, 15) is 29.1 Å². The fourth-order valence-corrected chi connectivity index (χ4v) is 3.59. The molecule has 166 valence electrons. The number of carbonyl (C=O) groups is 5. The van der Waals surface area contributed by atoms with Gasteiger partial charge in [0.1, 0.15) is 12.5 Å². The molecule has 1 aromatic rings. The number of esters is 1. The molecule has 0 bridgehead atoms. The van der Waals surface area contributed by atoms with Gasteiger partial charge in [-0.25, -0.2) is 4.79 Å². The van der Waals surface area contributed by atoms with Crippen molar-refractivity contribution in [1.82, 2.24) is 5.32 Å². The van der Waals surface area contributed by atoms with E-state index in [1.54, 1.807) is 0 Å². The third-order valence-corrected chi connectivity index (χ3v) is 4.92. The van der Waals surface area contributed by atoms with Gasteiger partial charge in [-0.2, -0.15) is 0 Å². The van der Waals surface area contributed by atoms with Gasteiger partial charge in [0.15, 0.2) is 5.12 Å². The molecule has 3 atom stereocenters. The smallest absolute Gasteiger partial charge is 0.337 e. The lowest BCUT2D eigenvalue weighted by Crippen LogP contribution is -2.35. The van der Waals surface area contributed by atoms with Gasteiger partial charge in [0.05, 0.1) is 17.3 Å². The van der Waals surface area contributed by atoms with Gasteiger partial charge in [0.25, 0.3) is 0 Å². The number of rotatable bonds is 9. The number of ether oxygens (including phenoxy) is 1. The number of thiol groups is 1. The van der Waals surface area contributed by atoms with Gasteiger partial charge >= 0.3 is 11.9 Å². The van der Waals surface area contributed by atoms with Crippen molar-refractivity contribution in [3.63, 3.8) is 0 Å². The van der Waals surface area contributed by atoms with Gasteiger partial charge in [-0.1, -0.05) is 12.7 Å². The van der Waals surface area contributed by atoms with Crippen LogP contribution in [-0.4, -0.2) is 53.2 Å². The van der Waals surface area contributed by atoms with Crippen LogP contribution in [0.4, 0.5) is 11.4 Å². The van der Waals surface area contributed by atoms with Crippen LogP contribution in [0.25, 0.3) is 0 Å². The van der Waals surface area contributed by atoms with Crippen LogP contribution in [0.15, 0.2) is 30.9 Å². The fourth-order valence-electron chi connectivity index (χ4n) is 3.28. The summed E-state index contributed by atoms with van der Waals surface area (Å²) in [5.41, 5.74) is 0.158. The minimum atomic E-state index is -1.26. The van der Waals surface area contributed by atoms with E-state index in [4.69, 9.17) is 4.74 Å². The molecule has 1 aliphatic rings. The van der Waals surface area contributed by atoms with Crippen LogP contribution in [0, 0.1) is 11.8 Å². The minimum absolute atomic E-state index is 0.00112. The molecule has 4 N–H and O–H groups in total. The summed E-state index contributed by atoms with van der Waals surface area (Å²) < 4.78 is 4.95. The van der Waals surface area contributed by atoms with Crippen molar-refractivity contribution >= 4 is 52.9 Å². The summed E-state index contributed by atoms with van der Waals surface area (Å²) in [5.74, 6) is -4.58. The fraction of sp³-hybridized carbons (Fsp3) is 0.350. The maximum atomic E-state index is 12.7. The molecule has 1 unspecified atom stereocenters. The number of amides is 2. The molecule has 0 saturated carbocycles. The van der Waals surface area contributed by atoms with Crippen molar-refractivity contribution in [2.45, 2.75) is 19.4 Å². The first kappa shape index (κ1) is 24.1. The van der Waals surface area contributed by atoms with Crippen molar-refractivity contribution in [2.75, 3.05) is 23.8 Å². The zero-order valence-corrected chi connectivity index (χ0v) is 17.6. The molecule has 0 spiro atoms. The topological polar surface area (TPSA) is 151 Å². The van der Waals surface area contributed by atoms with Crippen LogP contribution in [0.2, 0.25) is 0 Å². The van der Waals surface area contributed by atoms with Crippen LogP contribution in [0.3, 0.4) is 0 Å². The second-order valence-electron chi connectivity index (χ2n) is 6.93. The Balaban J connectivity index is 2.13. The highest BCUT2D eigenvalue weighted by Gasteiger charge is 2.41. The van der Waals surface area contributed by atoms with Gasteiger partial charge in [-0.15, -0.1) is 12.6 Å². The quantitative estimate of drug-likeness (QED) is 0.162. The lowest BCUT2D eigenvalue weighted by molar-refractivity contribution is -0.151. The number of benzene rings is 1. The summed E-state index contributed by atoms with van der Waals surface area (Å²) in [5, 5.41) is 16.7. The summed E-state index contributed by atoms with van der Waals surface area (Å²) in [6, 6.07) is 3.22. The van der Waals surface area contributed by atoms with Gasteiger partial charge in [-0.05, 0) is 30.5 Å². The molecule has 11 heteroatoms. The van der Waals surface area contributed by atoms with Crippen molar-refractivity contribution in [1.29, 1.82) is 0 Å². The van der Waals surface area contributed by atoms with E-state index in [0.29, 0.717) is 5.69 Å². The zero-order chi connectivity index (χ0) is 23.1. The Bertz CT molecular complexity index is 918. The minimum Gasteiger partial charge on any atom is -0.478 e. The average molecular weight is 449 g/mol. The molecule has 1 aromatic carbocycles. The third kappa shape index (κ3) is 6.40. The molecule has 1 heterocycles. The van der Waals surface area contributed by atoms with E-state index in [-0.39, 0.29) is 36.7 Å². The first-order chi connectivity index (χ1) is 14.6. The molecule has 10 nitrogen and oxygen atoms in total. The highest BCUT2D eigenvalue weighted by Crippen LogP contribution is 2.28. The second-order valence-corrected chi connectivity index (χ2v) is 7.37. The normalized spacial score (nSPS) is 18.5. The molecule has 0 radical (unpaired) electrons. The lowest BCUT2D eigenvalue weighted by atomic mass is 9.90. The zero-order valence-electron chi connectivity index (χ0n) is 16.7. The molecule has 2 rings (SSSR count). The van der Waals surface area contributed by atoms with E-state index in [1.807, 2.05) is 0 Å². The summed E-state index contributed by atoms with van der Waals surface area (Å²) in [6.45, 7) is 4.87. The highest BCUT2D eigenvalue weighted by molar-refractivity contribution is 7.96. The Kier molecular flexibility index (Phi) is 8.34. The van der Waals surface area contributed by atoms with Gasteiger partial charge in [0, 0.05) is 19.2 Å².